The van der Waals surface area contributed by atoms with Gasteiger partial charge >= 0.3 is 0 Å². The summed E-state index contributed by atoms with van der Waals surface area (Å²) < 4.78 is 6.25. The maximum atomic E-state index is 12.8. The van der Waals surface area contributed by atoms with Crippen molar-refractivity contribution in [3.05, 3.63) is 35.2 Å². The van der Waals surface area contributed by atoms with Crippen molar-refractivity contribution in [3.63, 3.8) is 0 Å². The third-order valence-electron chi connectivity index (χ3n) is 4.71. The number of carbonyl (C=O) groups is 3. The van der Waals surface area contributed by atoms with Crippen LogP contribution in [0.25, 0.3) is 10.1 Å². The Bertz CT molecular complexity index is 828. The SMILES string of the molecule is CC(C)CC(NC(=O)c1cc2ccccc2s1)C(=O)N[C@@H]1CCCOCC1=O. The van der Waals surface area contributed by atoms with E-state index >= 15 is 0 Å². The number of carbonyl (C=O) groups excluding carboxylic acids is 3. The first-order valence-corrected chi connectivity index (χ1v) is 10.5. The minimum absolute atomic E-state index is 0.0218. The van der Waals surface area contributed by atoms with Crippen molar-refractivity contribution in [1.29, 1.82) is 0 Å². The van der Waals surface area contributed by atoms with Gasteiger partial charge < -0.3 is 15.4 Å². The van der Waals surface area contributed by atoms with E-state index in [9.17, 15) is 14.4 Å². The number of hydrogen-bond donors (Lipinski definition) is 2. The number of ketones is 1. The highest BCUT2D eigenvalue weighted by Crippen LogP contribution is 2.25. The summed E-state index contributed by atoms with van der Waals surface area (Å²) in [5.41, 5.74) is 0. The third kappa shape index (κ3) is 5.17. The lowest BCUT2D eigenvalue weighted by atomic mass is 10.0. The molecule has 0 spiro atoms. The second-order valence-electron chi connectivity index (χ2n) is 7.53. The van der Waals surface area contributed by atoms with Crippen LogP contribution in [0.3, 0.4) is 0 Å². The predicted molar refractivity (Wildman–Crippen MR) is 110 cm³/mol. The van der Waals surface area contributed by atoms with Gasteiger partial charge in [-0.25, -0.2) is 0 Å². The van der Waals surface area contributed by atoms with Gasteiger partial charge in [0.05, 0.1) is 10.9 Å². The van der Waals surface area contributed by atoms with Crippen LogP contribution in [-0.2, 0) is 14.3 Å². The smallest absolute Gasteiger partial charge is 0.262 e. The van der Waals surface area contributed by atoms with Crippen molar-refractivity contribution in [2.45, 2.75) is 45.2 Å². The molecule has 2 heterocycles. The lowest BCUT2D eigenvalue weighted by Gasteiger charge is -2.23. The molecule has 1 aromatic heterocycles. The summed E-state index contributed by atoms with van der Waals surface area (Å²) in [6.07, 6.45) is 1.78. The number of benzene rings is 1. The van der Waals surface area contributed by atoms with Gasteiger partial charge in [-0.3, -0.25) is 14.4 Å². The fraction of sp³-hybridized carbons (Fsp3) is 0.476. The molecule has 0 bridgehead atoms. The van der Waals surface area contributed by atoms with E-state index in [1.54, 1.807) is 0 Å². The summed E-state index contributed by atoms with van der Waals surface area (Å²) in [6.45, 7) is 4.54. The second-order valence-corrected chi connectivity index (χ2v) is 8.61. The molecular formula is C21H26N2O4S. The van der Waals surface area contributed by atoms with Gasteiger partial charge in [-0.05, 0) is 42.7 Å². The molecule has 2 amide bonds. The quantitative estimate of drug-likeness (QED) is 0.778. The van der Waals surface area contributed by atoms with Gasteiger partial charge in [0.1, 0.15) is 12.6 Å². The van der Waals surface area contributed by atoms with E-state index < -0.39 is 12.1 Å². The summed E-state index contributed by atoms with van der Waals surface area (Å²) in [4.78, 5) is 38.3. The van der Waals surface area contributed by atoms with Crippen LogP contribution in [0.4, 0.5) is 0 Å². The maximum Gasteiger partial charge on any atom is 0.262 e. The topological polar surface area (TPSA) is 84.5 Å². The van der Waals surface area contributed by atoms with Gasteiger partial charge in [-0.1, -0.05) is 32.0 Å². The van der Waals surface area contributed by atoms with Crippen molar-refractivity contribution in [3.8, 4) is 0 Å². The van der Waals surface area contributed by atoms with Crippen LogP contribution >= 0.6 is 11.3 Å². The Morgan fingerprint density at radius 2 is 2.07 bits per heavy atom. The minimum Gasteiger partial charge on any atom is -0.374 e. The Kier molecular flexibility index (Phi) is 6.80. The molecule has 2 N–H and O–H groups in total. The van der Waals surface area contributed by atoms with Crippen LogP contribution in [0.2, 0.25) is 0 Å². The molecular weight excluding hydrogens is 376 g/mol. The molecule has 0 saturated carbocycles. The zero-order chi connectivity index (χ0) is 20.1. The van der Waals surface area contributed by atoms with Gasteiger partial charge in [0, 0.05) is 11.3 Å². The number of amides is 2. The molecule has 6 nitrogen and oxygen atoms in total. The molecule has 7 heteroatoms. The fourth-order valence-electron chi connectivity index (χ4n) is 3.27. The summed E-state index contributed by atoms with van der Waals surface area (Å²) in [5, 5.41) is 6.69. The Morgan fingerprint density at radius 1 is 1.29 bits per heavy atom. The highest BCUT2D eigenvalue weighted by atomic mass is 32.1. The summed E-state index contributed by atoms with van der Waals surface area (Å²) in [6, 6.07) is 8.39. The number of ether oxygens (including phenoxy) is 1. The molecule has 1 unspecified atom stereocenters. The standard InChI is InChI=1S/C21H26N2O4S/c1-13(2)10-16(20(25)22-15-7-5-9-27-12-17(15)24)23-21(26)19-11-14-6-3-4-8-18(14)28-19/h3-4,6,8,11,13,15-16H,5,7,9-10,12H2,1-2H3,(H,22,25)(H,23,26)/t15-,16?/m1/s1. The van der Waals surface area contributed by atoms with Crippen molar-refractivity contribution >= 4 is 39.0 Å². The molecule has 28 heavy (non-hydrogen) atoms. The number of fused-ring (bicyclic) bond motifs is 1. The minimum atomic E-state index is -0.685. The molecule has 0 aliphatic carbocycles. The lowest BCUT2D eigenvalue weighted by molar-refractivity contribution is -0.130. The normalized spacial score (nSPS) is 18.7. The van der Waals surface area contributed by atoms with Gasteiger partial charge in [-0.2, -0.15) is 0 Å². The molecule has 1 aliphatic heterocycles. The number of nitrogens with one attached hydrogen (secondary N) is 2. The number of hydrogen-bond acceptors (Lipinski definition) is 5. The molecule has 2 atom stereocenters. The predicted octanol–water partition coefficient (Wildman–Crippen LogP) is 2.91. The first kappa shape index (κ1) is 20.5. The van der Waals surface area contributed by atoms with E-state index in [4.69, 9.17) is 4.74 Å². The lowest BCUT2D eigenvalue weighted by Crippen LogP contribution is -2.52. The number of thiophene rings is 1. The molecule has 2 aromatic rings. The van der Waals surface area contributed by atoms with E-state index in [0.29, 0.717) is 24.3 Å². The number of Topliss-reactive ketones (excluding diaryl/α,β-unsaturated/α-hetero) is 1. The van der Waals surface area contributed by atoms with Crippen molar-refractivity contribution in [2.75, 3.05) is 13.2 Å². The summed E-state index contributed by atoms with van der Waals surface area (Å²) in [7, 11) is 0. The van der Waals surface area contributed by atoms with E-state index in [1.807, 2.05) is 44.2 Å². The van der Waals surface area contributed by atoms with Crippen molar-refractivity contribution in [2.24, 2.45) is 5.92 Å². The third-order valence-corrected chi connectivity index (χ3v) is 5.82. The second kappa shape index (κ2) is 9.30. The highest BCUT2D eigenvalue weighted by molar-refractivity contribution is 7.20. The van der Waals surface area contributed by atoms with Crippen LogP contribution in [0.5, 0.6) is 0 Å². The van der Waals surface area contributed by atoms with E-state index in [0.717, 1.165) is 16.5 Å². The monoisotopic (exact) mass is 402 g/mol. The zero-order valence-corrected chi connectivity index (χ0v) is 17.0. The average molecular weight is 403 g/mol. The van der Waals surface area contributed by atoms with Crippen molar-refractivity contribution < 1.29 is 19.1 Å². The molecule has 1 saturated heterocycles. The molecule has 150 valence electrons. The van der Waals surface area contributed by atoms with Crippen LogP contribution in [0, 0.1) is 5.92 Å². The fourth-order valence-corrected chi connectivity index (χ4v) is 4.24. The molecule has 0 radical (unpaired) electrons. The Labute approximate surface area is 168 Å². The van der Waals surface area contributed by atoms with Gasteiger partial charge in [-0.15, -0.1) is 11.3 Å². The first-order valence-electron chi connectivity index (χ1n) is 9.64. The van der Waals surface area contributed by atoms with Gasteiger partial charge in [0.2, 0.25) is 5.91 Å². The maximum absolute atomic E-state index is 12.8. The molecule has 1 fully saturated rings. The molecule has 1 aliphatic rings. The summed E-state index contributed by atoms with van der Waals surface area (Å²) in [5.74, 6) is -0.488. The van der Waals surface area contributed by atoms with E-state index in [-0.39, 0.29) is 30.1 Å². The van der Waals surface area contributed by atoms with Crippen LogP contribution < -0.4 is 10.6 Å². The summed E-state index contributed by atoms with van der Waals surface area (Å²) >= 11 is 1.40. The van der Waals surface area contributed by atoms with Crippen LogP contribution in [0.15, 0.2) is 30.3 Å². The van der Waals surface area contributed by atoms with Gasteiger partial charge in [0.25, 0.3) is 5.91 Å². The highest BCUT2D eigenvalue weighted by Gasteiger charge is 2.28. The zero-order valence-electron chi connectivity index (χ0n) is 16.2. The number of rotatable bonds is 6. The first-order chi connectivity index (χ1) is 13.4. The Morgan fingerprint density at radius 3 is 2.82 bits per heavy atom. The van der Waals surface area contributed by atoms with Crippen LogP contribution in [-0.4, -0.2) is 42.9 Å². The van der Waals surface area contributed by atoms with Gasteiger partial charge in [0.15, 0.2) is 5.78 Å². The Hall–Kier alpha value is -2.25. The van der Waals surface area contributed by atoms with Crippen molar-refractivity contribution in [1.82, 2.24) is 10.6 Å². The average Bonchev–Trinajstić information content (AvgIpc) is 3.00. The van der Waals surface area contributed by atoms with Crippen LogP contribution in [0.1, 0.15) is 42.8 Å². The molecule has 1 aromatic carbocycles. The largest absolute Gasteiger partial charge is 0.374 e. The van der Waals surface area contributed by atoms with E-state index in [1.165, 1.54) is 11.3 Å². The molecule has 3 rings (SSSR count). The van der Waals surface area contributed by atoms with E-state index in [2.05, 4.69) is 10.6 Å². The Balaban J connectivity index is 1.70.